The molecule has 2 N–H and O–H groups in total. The topological polar surface area (TPSA) is 56.2 Å². The molecule has 0 amide bonds. The van der Waals surface area contributed by atoms with Crippen molar-refractivity contribution in [3.63, 3.8) is 0 Å². The van der Waals surface area contributed by atoms with Crippen LogP contribution in [0.25, 0.3) is 5.52 Å². The highest BCUT2D eigenvalue weighted by atomic mass is 35.5. The summed E-state index contributed by atoms with van der Waals surface area (Å²) < 4.78 is 1.80. The van der Waals surface area contributed by atoms with Gasteiger partial charge in [-0.2, -0.15) is 0 Å². The second-order valence-electron chi connectivity index (χ2n) is 2.37. The Hall–Kier alpha value is -1.13. The molecule has 2 rings (SSSR count). The predicted molar refractivity (Wildman–Crippen MR) is 45.9 cm³/mol. The van der Waals surface area contributed by atoms with Crippen molar-refractivity contribution in [3.8, 4) is 0 Å². The van der Waals surface area contributed by atoms with Crippen LogP contribution in [-0.4, -0.2) is 14.4 Å². The first-order valence-electron chi connectivity index (χ1n) is 3.49. The van der Waals surface area contributed by atoms with Gasteiger partial charge < -0.3 is 10.1 Å². The Bertz CT molecular complexity index is 409. The Kier molecular flexibility index (Phi) is 1.71. The van der Waals surface area contributed by atoms with Crippen LogP contribution >= 0.6 is 11.6 Å². The maximum absolute atomic E-state index is 5.85. The molecule has 0 aliphatic heterocycles. The van der Waals surface area contributed by atoms with Gasteiger partial charge in [-0.25, -0.2) is 9.97 Å². The van der Waals surface area contributed by atoms with Gasteiger partial charge in [0, 0.05) is 18.9 Å². The molecular formula is C7H7ClN4. The van der Waals surface area contributed by atoms with Gasteiger partial charge in [-0.3, -0.25) is 0 Å². The SMILES string of the molecule is NCc1ncn2ccnc(Cl)c12. The van der Waals surface area contributed by atoms with Crippen LogP contribution in [0.1, 0.15) is 5.69 Å². The molecule has 12 heavy (non-hydrogen) atoms. The highest BCUT2D eigenvalue weighted by Crippen LogP contribution is 2.16. The van der Waals surface area contributed by atoms with Crippen LogP contribution in [0, 0.1) is 0 Å². The third-order valence-corrected chi connectivity index (χ3v) is 1.95. The molecule has 0 bridgehead atoms. The smallest absolute Gasteiger partial charge is 0.154 e. The molecule has 0 unspecified atom stereocenters. The molecule has 2 aromatic rings. The molecule has 2 heterocycles. The Morgan fingerprint density at radius 2 is 2.33 bits per heavy atom. The van der Waals surface area contributed by atoms with Crippen LogP contribution in [0.15, 0.2) is 18.7 Å². The van der Waals surface area contributed by atoms with Crippen molar-refractivity contribution in [2.75, 3.05) is 0 Å². The lowest BCUT2D eigenvalue weighted by atomic mass is 10.4. The number of halogens is 1. The minimum absolute atomic E-state index is 0.377. The van der Waals surface area contributed by atoms with E-state index in [9.17, 15) is 0 Å². The number of imidazole rings is 1. The fourth-order valence-corrected chi connectivity index (χ4v) is 1.38. The van der Waals surface area contributed by atoms with Crippen LogP contribution < -0.4 is 5.73 Å². The predicted octanol–water partition coefficient (Wildman–Crippen LogP) is 0.841. The largest absolute Gasteiger partial charge is 0.325 e. The lowest BCUT2D eigenvalue weighted by Crippen LogP contribution is -1.97. The minimum atomic E-state index is 0.377. The van der Waals surface area contributed by atoms with Crippen molar-refractivity contribution in [1.82, 2.24) is 14.4 Å². The number of nitrogens with two attached hydrogens (primary N) is 1. The Balaban J connectivity index is 2.83. The van der Waals surface area contributed by atoms with Crippen molar-refractivity contribution in [3.05, 3.63) is 29.6 Å². The molecule has 0 radical (unpaired) electrons. The Morgan fingerprint density at radius 1 is 1.50 bits per heavy atom. The first kappa shape index (κ1) is 7.52. The molecule has 2 aromatic heterocycles. The van der Waals surface area contributed by atoms with Gasteiger partial charge in [0.25, 0.3) is 0 Å². The minimum Gasteiger partial charge on any atom is -0.325 e. The third kappa shape index (κ3) is 0.964. The maximum Gasteiger partial charge on any atom is 0.154 e. The van der Waals surface area contributed by atoms with Crippen LogP contribution in [0.3, 0.4) is 0 Å². The van der Waals surface area contributed by atoms with Gasteiger partial charge in [-0.15, -0.1) is 0 Å². The summed E-state index contributed by atoms with van der Waals surface area (Å²) in [5.41, 5.74) is 7.03. The van der Waals surface area contributed by atoms with E-state index in [0.29, 0.717) is 11.7 Å². The standard InChI is InChI=1S/C7H7ClN4/c8-7-6-5(3-9)11-4-12(6)2-1-10-7/h1-2,4H,3,9H2. The molecular weight excluding hydrogens is 176 g/mol. The normalized spacial score (nSPS) is 10.8. The molecule has 4 nitrogen and oxygen atoms in total. The zero-order valence-electron chi connectivity index (χ0n) is 6.24. The van der Waals surface area contributed by atoms with Crippen LogP contribution in [0.2, 0.25) is 5.15 Å². The number of hydrogen-bond donors (Lipinski definition) is 1. The number of rotatable bonds is 1. The highest BCUT2D eigenvalue weighted by Gasteiger charge is 2.06. The molecule has 0 aliphatic carbocycles. The number of fused-ring (bicyclic) bond motifs is 1. The fraction of sp³-hybridized carbons (Fsp3) is 0.143. The van der Waals surface area contributed by atoms with Crippen molar-refractivity contribution in [1.29, 1.82) is 0 Å². The molecule has 5 heteroatoms. The monoisotopic (exact) mass is 182 g/mol. The Labute approximate surface area is 74.0 Å². The second-order valence-corrected chi connectivity index (χ2v) is 2.73. The van der Waals surface area contributed by atoms with Gasteiger partial charge in [0.05, 0.1) is 12.0 Å². The summed E-state index contributed by atoms with van der Waals surface area (Å²) in [6.45, 7) is 0.377. The summed E-state index contributed by atoms with van der Waals surface area (Å²) in [6, 6.07) is 0. The van der Waals surface area contributed by atoms with Crippen molar-refractivity contribution >= 4 is 17.1 Å². The second kappa shape index (κ2) is 2.73. The number of nitrogens with zero attached hydrogens (tertiary/aromatic N) is 3. The van der Waals surface area contributed by atoms with E-state index < -0.39 is 0 Å². The van der Waals surface area contributed by atoms with E-state index in [2.05, 4.69) is 9.97 Å². The molecule has 0 atom stereocenters. The zero-order chi connectivity index (χ0) is 8.55. The first-order chi connectivity index (χ1) is 5.83. The third-order valence-electron chi connectivity index (χ3n) is 1.67. The van der Waals surface area contributed by atoms with Gasteiger partial charge in [0.2, 0.25) is 0 Å². The van der Waals surface area contributed by atoms with Gasteiger partial charge in [-0.1, -0.05) is 11.6 Å². The summed E-state index contributed by atoms with van der Waals surface area (Å²) >= 11 is 5.85. The average molecular weight is 183 g/mol. The number of hydrogen-bond acceptors (Lipinski definition) is 3. The van der Waals surface area contributed by atoms with Crippen LogP contribution in [0.4, 0.5) is 0 Å². The van der Waals surface area contributed by atoms with E-state index in [0.717, 1.165) is 11.2 Å². The van der Waals surface area contributed by atoms with E-state index in [1.807, 2.05) is 0 Å². The quantitative estimate of drug-likeness (QED) is 0.711. The molecule has 0 saturated carbocycles. The summed E-state index contributed by atoms with van der Waals surface area (Å²) in [6.07, 6.45) is 5.08. The maximum atomic E-state index is 5.85. The molecule has 0 fully saturated rings. The number of aromatic nitrogens is 3. The fourth-order valence-electron chi connectivity index (χ4n) is 1.12. The Morgan fingerprint density at radius 3 is 3.08 bits per heavy atom. The zero-order valence-corrected chi connectivity index (χ0v) is 6.99. The summed E-state index contributed by atoms with van der Waals surface area (Å²) in [4.78, 5) is 8.03. The van der Waals surface area contributed by atoms with Gasteiger partial charge in [0.1, 0.15) is 5.52 Å². The molecule has 0 saturated heterocycles. The van der Waals surface area contributed by atoms with E-state index in [4.69, 9.17) is 17.3 Å². The van der Waals surface area contributed by atoms with Crippen molar-refractivity contribution in [2.24, 2.45) is 5.73 Å². The van der Waals surface area contributed by atoms with Crippen molar-refractivity contribution in [2.45, 2.75) is 6.54 Å². The van der Waals surface area contributed by atoms with Gasteiger partial charge >= 0.3 is 0 Å². The lowest BCUT2D eigenvalue weighted by Gasteiger charge is -1.95. The summed E-state index contributed by atoms with van der Waals surface area (Å²) in [5.74, 6) is 0. The van der Waals surface area contributed by atoms with Crippen LogP contribution in [-0.2, 0) is 6.54 Å². The molecule has 0 spiro atoms. The molecule has 0 aliphatic rings. The first-order valence-corrected chi connectivity index (χ1v) is 3.87. The van der Waals surface area contributed by atoms with E-state index >= 15 is 0 Å². The van der Waals surface area contributed by atoms with E-state index in [1.54, 1.807) is 23.1 Å². The molecule has 0 aromatic carbocycles. The van der Waals surface area contributed by atoms with Crippen LogP contribution in [0.5, 0.6) is 0 Å². The molecule has 62 valence electrons. The van der Waals surface area contributed by atoms with Gasteiger partial charge in [-0.05, 0) is 0 Å². The summed E-state index contributed by atoms with van der Waals surface area (Å²) in [5, 5.41) is 0.440. The van der Waals surface area contributed by atoms with E-state index in [-0.39, 0.29) is 0 Å². The lowest BCUT2D eigenvalue weighted by molar-refractivity contribution is 1.02. The van der Waals surface area contributed by atoms with E-state index in [1.165, 1.54) is 0 Å². The van der Waals surface area contributed by atoms with Crippen molar-refractivity contribution < 1.29 is 0 Å². The summed E-state index contributed by atoms with van der Waals surface area (Å²) in [7, 11) is 0. The highest BCUT2D eigenvalue weighted by molar-refractivity contribution is 6.32. The van der Waals surface area contributed by atoms with Gasteiger partial charge in [0.15, 0.2) is 5.15 Å². The average Bonchev–Trinajstić information content (AvgIpc) is 2.49.